The Balaban J connectivity index is 1.20. The zero-order chi connectivity index (χ0) is 24.9. The summed E-state index contributed by atoms with van der Waals surface area (Å²) in [7, 11) is 1.74. The highest BCUT2D eigenvalue weighted by Crippen LogP contribution is 2.29. The zero-order valence-electron chi connectivity index (χ0n) is 21.2. The molecule has 0 spiro atoms. The Morgan fingerprint density at radius 1 is 0.861 bits per heavy atom. The first-order valence-corrected chi connectivity index (χ1v) is 12.9. The summed E-state index contributed by atoms with van der Waals surface area (Å²) in [5.41, 5.74) is 4.70. The number of nitrogens with zero attached hydrogens (tertiary/aromatic N) is 2. The van der Waals surface area contributed by atoms with Crippen LogP contribution >= 0.6 is 0 Å². The molecule has 0 N–H and O–H groups in total. The molecular formula is C31H34N2O3. The SMILES string of the molecule is COc1ccccc1N1CCN(CCCCc2cccc3c(=O)c(C)c(-c4ccccc4)oc23)CC1. The van der Waals surface area contributed by atoms with Gasteiger partial charge in [-0.2, -0.15) is 0 Å². The van der Waals surface area contributed by atoms with Crippen LogP contribution < -0.4 is 15.1 Å². The van der Waals surface area contributed by atoms with Crippen molar-refractivity contribution in [2.45, 2.75) is 26.2 Å². The summed E-state index contributed by atoms with van der Waals surface area (Å²) in [6.07, 6.45) is 3.08. The Kier molecular flexibility index (Phi) is 7.38. The van der Waals surface area contributed by atoms with Crippen molar-refractivity contribution in [3.8, 4) is 17.1 Å². The molecule has 0 amide bonds. The van der Waals surface area contributed by atoms with E-state index in [1.807, 2.05) is 61.5 Å². The number of anilines is 1. The van der Waals surface area contributed by atoms with Gasteiger partial charge in [-0.15, -0.1) is 0 Å². The molecule has 3 aromatic carbocycles. The molecule has 0 atom stereocenters. The van der Waals surface area contributed by atoms with Crippen molar-refractivity contribution in [2.75, 3.05) is 44.7 Å². The number of benzene rings is 3. The number of rotatable bonds is 8. The molecule has 0 unspecified atom stereocenters. The molecule has 186 valence electrons. The van der Waals surface area contributed by atoms with Crippen LogP contribution in [0.3, 0.4) is 0 Å². The first-order chi connectivity index (χ1) is 17.7. The lowest BCUT2D eigenvalue weighted by Crippen LogP contribution is -2.46. The maximum Gasteiger partial charge on any atom is 0.196 e. The number of piperazine rings is 1. The van der Waals surface area contributed by atoms with E-state index in [4.69, 9.17) is 9.15 Å². The molecule has 2 heterocycles. The molecule has 5 heteroatoms. The molecule has 0 radical (unpaired) electrons. The maximum atomic E-state index is 13.1. The average molecular weight is 483 g/mol. The van der Waals surface area contributed by atoms with Gasteiger partial charge in [0.1, 0.15) is 17.1 Å². The van der Waals surface area contributed by atoms with Gasteiger partial charge in [0.15, 0.2) is 5.43 Å². The quantitative estimate of drug-likeness (QED) is 0.292. The van der Waals surface area contributed by atoms with Crippen LogP contribution in [0.1, 0.15) is 24.0 Å². The van der Waals surface area contributed by atoms with Gasteiger partial charge in [-0.3, -0.25) is 9.69 Å². The van der Waals surface area contributed by atoms with Gasteiger partial charge >= 0.3 is 0 Å². The highest BCUT2D eigenvalue weighted by atomic mass is 16.5. The minimum Gasteiger partial charge on any atom is -0.495 e. The van der Waals surface area contributed by atoms with Gasteiger partial charge in [0.2, 0.25) is 0 Å². The summed E-state index contributed by atoms with van der Waals surface area (Å²) in [5.74, 6) is 1.62. The Labute approximate surface area is 212 Å². The van der Waals surface area contributed by atoms with Gasteiger partial charge in [0, 0.05) is 37.3 Å². The molecule has 1 saturated heterocycles. The molecule has 5 nitrogen and oxygen atoms in total. The molecule has 0 aliphatic carbocycles. The summed E-state index contributed by atoms with van der Waals surface area (Å²) in [6.45, 7) is 7.07. The van der Waals surface area contributed by atoms with Crippen LogP contribution in [0.4, 0.5) is 5.69 Å². The number of hydrogen-bond acceptors (Lipinski definition) is 5. The Morgan fingerprint density at radius 3 is 2.39 bits per heavy atom. The van der Waals surface area contributed by atoms with Gasteiger partial charge in [-0.1, -0.05) is 54.6 Å². The molecule has 0 saturated carbocycles. The van der Waals surface area contributed by atoms with E-state index in [9.17, 15) is 4.79 Å². The molecule has 1 aliphatic heterocycles. The third-order valence-corrected chi connectivity index (χ3v) is 7.23. The first kappa shape index (κ1) is 24.1. The van der Waals surface area contributed by atoms with Crippen molar-refractivity contribution < 1.29 is 9.15 Å². The maximum absolute atomic E-state index is 13.1. The molecule has 1 aromatic heterocycles. The van der Waals surface area contributed by atoms with Gasteiger partial charge in [0.05, 0.1) is 18.2 Å². The van der Waals surface area contributed by atoms with E-state index in [-0.39, 0.29) is 5.43 Å². The van der Waals surface area contributed by atoms with Crippen molar-refractivity contribution in [3.05, 3.63) is 94.1 Å². The fraction of sp³-hybridized carbons (Fsp3) is 0.323. The zero-order valence-corrected chi connectivity index (χ0v) is 21.2. The Bertz CT molecular complexity index is 1370. The van der Waals surface area contributed by atoms with Crippen molar-refractivity contribution in [3.63, 3.8) is 0 Å². The number of ether oxygens (including phenoxy) is 1. The lowest BCUT2D eigenvalue weighted by Gasteiger charge is -2.36. The second-order valence-electron chi connectivity index (χ2n) is 9.50. The van der Waals surface area contributed by atoms with Crippen molar-refractivity contribution in [1.29, 1.82) is 0 Å². The monoisotopic (exact) mass is 482 g/mol. The summed E-state index contributed by atoms with van der Waals surface area (Å²) in [6, 6.07) is 24.1. The fourth-order valence-corrected chi connectivity index (χ4v) is 5.18. The van der Waals surface area contributed by atoms with Gasteiger partial charge < -0.3 is 14.1 Å². The highest BCUT2D eigenvalue weighted by Gasteiger charge is 2.19. The number of hydrogen-bond donors (Lipinski definition) is 0. The Morgan fingerprint density at radius 2 is 1.61 bits per heavy atom. The minimum atomic E-state index is 0.0601. The molecule has 0 bridgehead atoms. The average Bonchev–Trinajstić information content (AvgIpc) is 2.94. The van der Waals surface area contributed by atoms with E-state index >= 15 is 0 Å². The van der Waals surface area contributed by atoms with Crippen LogP contribution in [0.15, 0.2) is 82.0 Å². The molecular weight excluding hydrogens is 448 g/mol. The number of unbranched alkanes of at least 4 members (excludes halogenated alkanes) is 1. The molecule has 5 rings (SSSR count). The fourth-order valence-electron chi connectivity index (χ4n) is 5.18. The molecule has 4 aromatic rings. The molecule has 1 fully saturated rings. The van der Waals surface area contributed by atoms with Gasteiger partial charge in [0.25, 0.3) is 0 Å². The van der Waals surface area contributed by atoms with E-state index in [2.05, 4.69) is 28.0 Å². The second kappa shape index (κ2) is 11.0. The molecule has 36 heavy (non-hydrogen) atoms. The van der Waals surface area contributed by atoms with Crippen molar-refractivity contribution in [2.24, 2.45) is 0 Å². The third kappa shape index (κ3) is 5.02. The summed E-state index contributed by atoms with van der Waals surface area (Å²) >= 11 is 0. The van der Waals surface area contributed by atoms with Crippen molar-refractivity contribution in [1.82, 2.24) is 4.90 Å². The van der Waals surface area contributed by atoms with E-state index in [0.717, 1.165) is 74.4 Å². The predicted molar refractivity (Wildman–Crippen MR) is 147 cm³/mol. The molecule has 1 aliphatic rings. The summed E-state index contributed by atoms with van der Waals surface area (Å²) < 4.78 is 11.9. The Hall–Kier alpha value is -3.57. The van der Waals surface area contributed by atoms with E-state index < -0.39 is 0 Å². The lowest BCUT2D eigenvalue weighted by molar-refractivity contribution is 0.252. The second-order valence-corrected chi connectivity index (χ2v) is 9.50. The topological polar surface area (TPSA) is 45.9 Å². The number of para-hydroxylation sites is 3. The van der Waals surface area contributed by atoms with Crippen LogP contribution in [0.25, 0.3) is 22.3 Å². The largest absolute Gasteiger partial charge is 0.495 e. The van der Waals surface area contributed by atoms with E-state index in [0.29, 0.717) is 16.7 Å². The van der Waals surface area contributed by atoms with Crippen LogP contribution in [0.2, 0.25) is 0 Å². The van der Waals surface area contributed by atoms with E-state index in [1.165, 1.54) is 5.69 Å². The van der Waals surface area contributed by atoms with Crippen LogP contribution in [-0.4, -0.2) is 44.7 Å². The van der Waals surface area contributed by atoms with Crippen molar-refractivity contribution >= 4 is 16.7 Å². The van der Waals surface area contributed by atoms with Gasteiger partial charge in [-0.05, 0) is 56.5 Å². The predicted octanol–water partition coefficient (Wildman–Crippen LogP) is 5.92. The van der Waals surface area contributed by atoms with Crippen LogP contribution in [0, 0.1) is 6.92 Å². The normalized spacial score (nSPS) is 14.3. The third-order valence-electron chi connectivity index (χ3n) is 7.23. The number of methoxy groups -OCH3 is 1. The van der Waals surface area contributed by atoms with Gasteiger partial charge in [-0.25, -0.2) is 0 Å². The van der Waals surface area contributed by atoms with E-state index in [1.54, 1.807) is 7.11 Å². The van der Waals surface area contributed by atoms with Crippen LogP contribution in [0.5, 0.6) is 5.75 Å². The van der Waals surface area contributed by atoms with Crippen LogP contribution in [-0.2, 0) is 6.42 Å². The minimum absolute atomic E-state index is 0.0601. The highest BCUT2D eigenvalue weighted by molar-refractivity contribution is 5.83. The lowest BCUT2D eigenvalue weighted by atomic mass is 10.0. The standard InChI is InChI=1S/C31H34N2O3/c1-23-29(34)26-15-10-14-25(31(26)36-30(23)24-11-4-3-5-12-24)13-8-9-18-32-19-21-33(22-20-32)27-16-6-7-17-28(27)35-2/h3-7,10-12,14-17H,8-9,13,18-22H2,1-2H3. The first-order valence-electron chi connectivity index (χ1n) is 12.9. The number of aryl methyl sites for hydroxylation is 1. The number of fused-ring (bicyclic) bond motifs is 1. The summed E-state index contributed by atoms with van der Waals surface area (Å²) in [5, 5.41) is 0.678. The smallest absolute Gasteiger partial charge is 0.196 e. The summed E-state index contributed by atoms with van der Waals surface area (Å²) in [4.78, 5) is 18.1.